The van der Waals surface area contributed by atoms with Gasteiger partial charge in [0.25, 0.3) is 5.91 Å². The largest absolute Gasteiger partial charge is 0.456 e. The quantitative estimate of drug-likeness (QED) is 0.687. The summed E-state index contributed by atoms with van der Waals surface area (Å²) in [6.45, 7) is 5.65. The number of rotatable bonds is 5. The number of esters is 2. The van der Waals surface area contributed by atoms with Gasteiger partial charge in [-0.2, -0.15) is 4.98 Å². The molecule has 1 aromatic carbocycles. The zero-order valence-electron chi connectivity index (χ0n) is 17.8. The van der Waals surface area contributed by atoms with Crippen molar-refractivity contribution in [3.8, 4) is 0 Å². The highest BCUT2D eigenvalue weighted by molar-refractivity contribution is 6.03. The van der Waals surface area contributed by atoms with Crippen molar-refractivity contribution in [3.05, 3.63) is 57.9 Å². The van der Waals surface area contributed by atoms with Gasteiger partial charge in [-0.25, -0.2) is 9.18 Å². The predicted molar refractivity (Wildman–Crippen MR) is 108 cm³/mol. The van der Waals surface area contributed by atoms with Gasteiger partial charge >= 0.3 is 17.6 Å². The summed E-state index contributed by atoms with van der Waals surface area (Å²) in [6.07, 6.45) is -3.50. The van der Waals surface area contributed by atoms with Gasteiger partial charge in [-0.05, 0) is 26.0 Å². The number of aryl methyl sites for hydroxylation is 1. The van der Waals surface area contributed by atoms with Gasteiger partial charge in [0.15, 0.2) is 30.1 Å². The number of amides is 1. The van der Waals surface area contributed by atoms with Gasteiger partial charge in [-0.15, -0.1) is 0 Å². The molecule has 1 aromatic heterocycles. The number of aromatic nitrogens is 2. The number of halogens is 1. The Morgan fingerprint density at radius 2 is 1.81 bits per heavy atom. The van der Waals surface area contributed by atoms with Crippen LogP contribution in [0.3, 0.4) is 0 Å². The van der Waals surface area contributed by atoms with Crippen LogP contribution in [0.25, 0.3) is 0 Å². The topological polar surface area (TPSA) is 126 Å². The minimum Gasteiger partial charge on any atom is -0.456 e. The number of ether oxygens (including phenoxy) is 3. The number of benzene rings is 1. The molecular weight excluding hydrogens is 425 g/mol. The lowest BCUT2D eigenvalue weighted by atomic mass is 10.1. The molecule has 0 bridgehead atoms. The highest BCUT2D eigenvalue weighted by atomic mass is 19.1. The Balaban J connectivity index is 1.90. The summed E-state index contributed by atoms with van der Waals surface area (Å²) < 4.78 is 31.5. The Labute approximate surface area is 182 Å². The number of nitrogens with one attached hydrogen (secondary N) is 1. The molecule has 1 amide bonds. The van der Waals surface area contributed by atoms with Crippen LogP contribution >= 0.6 is 0 Å². The van der Waals surface area contributed by atoms with Crippen LogP contribution in [0.5, 0.6) is 0 Å². The van der Waals surface area contributed by atoms with Crippen LogP contribution in [-0.2, 0) is 23.8 Å². The zero-order chi connectivity index (χ0) is 23.6. The first-order valence-corrected chi connectivity index (χ1v) is 9.73. The molecule has 4 atom stereocenters. The Morgan fingerprint density at radius 3 is 2.44 bits per heavy atom. The van der Waals surface area contributed by atoms with Crippen molar-refractivity contribution in [2.75, 3.05) is 5.32 Å². The van der Waals surface area contributed by atoms with Gasteiger partial charge in [0.1, 0.15) is 0 Å². The first kappa shape index (κ1) is 23.1. The number of carbonyl (C=O) groups excluding carboxylic acids is 3. The van der Waals surface area contributed by atoms with E-state index in [1.165, 1.54) is 13.0 Å². The molecule has 2 heterocycles. The summed E-state index contributed by atoms with van der Waals surface area (Å²) in [5.41, 5.74) is 0.124. The van der Waals surface area contributed by atoms with E-state index in [0.29, 0.717) is 0 Å². The summed E-state index contributed by atoms with van der Waals surface area (Å²) in [5, 5.41) is 2.27. The second kappa shape index (κ2) is 9.27. The Hall–Kier alpha value is -3.60. The molecule has 11 heteroatoms. The molecule has 1 saturated heterocycles. The standard InChI is InChI=1S/C21H22FN3O7/c1-10-6-5-7-14(8-10)19(28)23-18-15(22)9-25(21(29)24-18)20-17(32-13(4)27)16(11(2)30-20)31-12(3)26/h5-9,11,16-17,20H,1-4H3,(H,23,24,28,29)/t11-,16?,17?,20-/m1/s1. The van der Waals surface area contributed by atoms with Gasteiger partial charge in [-0.3, -0.25) is 19.0 Å². The number of hydrogen-bond acceptors (Lipinski definition) is 8. The molecule has 10 nitrogen and oxygen atoms in total. The Kier molecular flexibility index (Phi) is 6.68. The molecule has 3 rings (SSSR count). The van der Waals surface area contributed by atoms with Gasteiger partial charge < -0.3 is 19.5 Å². The van der Waals surface area contributed by atoms with Crippen LogP contribution in [0.15, 0.2) is 35.3 Å². The highest BCUT2D eigenvalue weighted by Gasteiger charge is 2.48. The summed E-state index contributed by atoms with van der Waals surface area (Å²) in [4.78, 5) is 51.6. The summed E-state index contributed by atoms with van der Waals surface area (Å²) in [5.74, 6) is -3.58. The van der Waals surface area contributed by atoms with E-state index in [2.05, 4.69) is 10.3 Å². The fourth-order valence-corrected chi connectivity index (χ4v) is 3.38. The van der Waals surface area contributed by atoms with E-state index in [4.69, 9.17) is 14.2 Å². The summed E-state index contributed by atoms with van der Waals surface area (Å²) >= 11 is 0. The lowest BCUT2D eigenvalue weighted by Gasteiger charge is -2.23. The molecule has 170 valence electrons. The smallest absolute Gasteiger partial charge is 0.351 e. The number of anilines is 1. The summed E-state index contributed by atoms with van der Waals surface area (Å²) in [7, 11) is 0. The van der Waals surface area contributed by atoms with Gasteiger partial charge in [-0.1, -0.05) is 17.7 Å². The summed E-state index contributed by atoms with van der Waals surface area (Å²) in [6, 6.07) is 6.59. The number of hydrogen-bond donors (Lipinski definition) is 1. The van der Waals surface area contributed by atoms with E-state index >= 15 is 0 Å². The van der Waals surface area contributed by atoms with Crippen molar-refractivity contribution in [2.45, 2.75) is 52.2 Å². The second-order valence-electron chi connectivity index (χ2n) is 7.33. The maximum atomic E-state index is 14.7. The molecule has 32 heavy (non-hydrogen) atoms. The zero-order valence-corrected chi connectivity index (χ0v) is 17.8. The SMILES string of the molecule is CC(=O)OC1C(OC(C)=O)[C@@H](C)O[C@H]1n1cc(F)c(NC(=O)c2cccc(C)c2)nc1=O. The van der Waals surface area contributed by atoms with Gasteiger partial charge in [0, 0.05) is 19.4 Å². The van der Waals surface area contributed by atoms with E-state index in [-0.39, 0.29) is 5.56 Å². The van der Waals surface area contributed by atoms with Crippen molar-refractivity contribution in [1.29, 1.82) is 0 Å². The lowest BCUT2D eigenvalue weighted by Crippen LogP contribution is -2.40. The third-order valence-electron chi connectivity index (χ3n) is 4.72. The first-order valence-electron chi connectivity index (χ1n) is 9.73. The van der Waals surface area contributed by atoms with Crippen molar-refractivity contribution in [1.82, 2.24) is 9.55 Å². The van der Waals surface area contributed by atoms with Gasteiger partial charge in [0.05, 0.1) is 12.3 Å². The second-order valence-corrected chi connectivity index (χ2v) is 7.33. The normalized spacial score (nSPS) is 22.3. The average Bonchev–Trinajstić information content (AvgIpc) is 2.98. The van der Waals surface area contributed by atoms with Crippen LogP contribution in [0.2, 0.25) is 0 Å². The molecule has 0 radical (unpaired) electrons. The highest BCUT2D eigenvalue weighted by Crippen LogP contribution is 2.33. The maximum absolute atomic E-state index is 14.7. The van der Waals surface area contributed by atoms with E-state index in [1.54, 1.807) is 32.0 Å². The van der Waals surface area contributed by atoms with Crippen molar-refractivity contribution < 1.29 is 33.0 Å². The average molecular weight is 447 g/mol. The molecule has 0 aliphatic carbocycles. The Morgan fingerprint density at radius 1 is 1.16 bits per heavy atom. The first-order chi connectivity index (χ1) is 15.1. The molecule has 0 saturated carbocycles. The third kappa shape index (κ3) is 4.99. The fourth-order valence-electron chi connectivity index (χ4n) is 3.38. The minimum atomic E-state index is -1.30. The molecular formula is C21H22FN3O7. The van der Waals surface area contributed by atoms with Crippen LogP contribution in [0, 0.1) is 12.7 Å². The van der Waals surface area contributed by atoms with Crippen LogP contribution < -0.4 is 11.0 Å². The van der Waals surface area contributed by atoms with Crippen molar-refractivity contribution in [2.24, 2.45) is 0 Å². The van der Waals surface area contributed by atoms with Crippen LogP contribution in [0.1, 0.15) is 42.9 Å². The van der Waals surface area contributed by atoms with E-state index < -0.39 is 59.7 Å². The van der Waals surface area contributed by atoms with E-state index in [9.17, 15) is 23.6 Å². The fraction of sp³-hybridized carbons (Fsp3) is 0.381. The monoisotopic (exact) mass is 447 g/mol. The third-order valence-corrected chi connectivity index (χ3v) is 4.72. The van der Waals surface area contributed by atoms with E-state index in [0.717, 1.165) is 23.3 Å². The Bertz CT molecular complexity index is 1120. The molecule has 2 unspecified atom stereocenters. The number of carbonyl (C=O) groups is 3. The number of nitrogens with zero attached hydrogens (tertiary/aromatic N) is 2. The molecule has 1 N–H and O–H groups in total. The molecule has 1 aliphatic heterocycles. The van der Waals surface area contributed by atoms with Crippen molar-refractivity contribution >= 4 is 23.7 Å². The molecule has 1 fully saturated rings. The van der Waals surface area contributed by atoms with Gasteiger partial charge in [0.2, 0.25) is 0 Å². The van der Waals surface area contributed by atoms with Crippen LogP contribution in [-0.4, -0.2) is 45.7 Å². The molecule has 0 spiro atoms. The van der Waals surface area contributed by atoms with E-state index in [1.807, 2.05) is 0 Å². The minimum absolute atomic E-state index is 0.266. The van der Waals surface area contributed by atoms with Crippen molar-refractivity contribution in [3.63, 3.8) is 0 Å². The van der Waals surface area contributed by atoms with Crippen LogP contribution in [0.4, 0.5) is 10.2 Å². The molecule has 1 aliphatic rings. The lowest BCUT2D eigenvalue weighted by molar-refractivity contribution is -0.165. The molecule has 2 aromatic rings. The predicted octanol–water partition coefficient (Wildman–Crippen LogP) is 1.72. The maximum Gasteiger partial charge on any atom is 0.351 e.